The van der Waals surface area contributed by atoms with Crippen LogP contribution in [0.2, 0.25) is 0 Å². The van der Waals surface area contributed by atoms with Gasteiger partial charge in [0.05, 0.1) is 0 Å². The molecular formula is C18H31N. The third kappa shape index (κ3) is 4.99. The molecule has 0 aliphatic carbocycles. The molecule has 0 aliphatic heterocycles. The molecule has 1 heteroatoms. The summed E-state index contributed by atoms with van der Waals surface area (Å²) in [6.07, 6.45) is 1.21. The van der Waals surface area contributed by atoms with Crippen molar-refractivity contribution < 1.29 is 0 Å². The van der Waals surface area contributed by atoms with E-state index in [1.54, 1.807) is 0 Å². The van der Waals surface area contributed by atoms with Crippen LogP contribution in [0.3, 0.4) is 0 Å². The van der Waals surface area contributed by atoms with Gasteiger partial charge in [-0.1, -0.05) is 52.0 Å². The topological polar surface area (TPSA) is 3.24 Å². The first kappa shape index (κ1) is 16.2. The highest BCUT2D eigenvalue weighted by Crippen LogP contribution is 2.23. The van der Waals surface area contributed by atoms with Gasteiger partial charge in [-0.05, 0) is 50.3 Å². The zero-order valence-electron chi connectivity index (χ0n) is 13.9. The zero-order chi connectivity index (χ0) is 14.7. The van der Waals surface area contributed by atoms with Crippen molar-refractivity contribution in [2.75, 3.05) is 6.54 Å². The van der Waals surface area contributed by atoms with E-state index in [0.29, 0.717) is 0 Å². The normalized spacial score (nSPS) is 13.1. The minimum Gasteiger partial charge on any atom is -0.294 e. The van der Waals surface area contributed by atoms with E-state index in [4.69, 9.17) is 0 Å². The monoisotopic (exact) mass is 261 g/mol. The predicted octanol–water partition coefficient (Wildman–Crippen LogP) is 4.99. The van der Waals surface area contributed by atoms with Gasteiger partial charge >= 0.3 is 0 Å². The smallest absolute Gasteiger partial charge is 0.0238 e. The van der Waals surface area contributed by atoms with Crippen LogP contribution in [0.15, 0.2) is 24.3 Å². The minimum absolute atomic E-state index is 0.235. The second-order valence-corrected chi connectivity index (χ2v) is 7.54. The summed E-state index contributed by atoms with van der Waals surface area (Å²) in [4.78, 5) is 2.55. The summed E-state index contributed by atoms with van der Waals surface area (Å²) in [5.74, 6) is 0. The van der Waals surface area contributed by atoms with Gasteiger partial charge in [-0.15, -0.1) is 0 Å². The Morgan fingerprint density at radius 1 is 0.895 bits per heavy atom. The zero-order valence-corrected chi connectivity index (χ0v) is 13.9. The number of nitrogens with zero attached hydrogens (tertiary/aromatic N) is 1. The molecule has 0 heterocycles. The van der Waals surface area contributed by atoms with Crippen molar-refractivity contribution in [3.63, 3.8) is 0 Å². The average molecular weight is 261 g/mol. The predicted molar refractivity (Wildman–Crippen MR) is 85.6 cm³/mol. The van der Waals surface area contributed by atoms with E-state index in [0.717, 1.165) is 13.1 Å². The fourth-order valence-electron chi connectivity index (χ4n) is 2.25. The standard InChI is InChI=1S/C18H31N/c1-8-13-19(18(5,6)7)14-15-9-11-16(12-10-15)17(2,3)4/h9-12H,8,13-14H2,1-7H3. The van der Waals surface area contributed by atoms with Crippen LogP contribution >= 0.6 is 0 Å². The Morgan fingerprint density at radius 2 is 1.42 bits per heavy atom. The number of hydrogen-bond acceptors (Lipinski definition) is 1. The number of rotatable bonds is 4. The Bertz CT molecular complexity index is 376. The average Bonchev–Trinajstić information content (AvgIpc) is 2.26. The Labute approximate surface area is 120 Å². The van der Waals surface area contributed by atoms with E-state index < -0.39 is 0 Å². The summed E-state index contributed by atoms with van der Waals surface area (Å²) in [6, 6.07) is 9.13. The highest BCUT2D eigenvalue weighted by atomic mass is 15.2. The minimum atomic E-state index is 0.235. The van der Waals surface area contributed by atoms with Gasteiger partial charge in [-0.25, -0.2) is 0 Å². The highest BCUT2D eigenvalue weighted by molar-refractivity contribution is 5.27. The summed E-state index contributed by atoms with van der Waals surface area (Å²) >= 11 is 0. The second kappa shape index (κ2) is 6.09. The molecule has 1 aromatic rings. The molecule has 1 aromatic carbocycles. The molecule has 108 valence electrons. The molecule has 0 N–H and O–H groups in total. The Morgan fingerprint density at radius 3 is 1.79 bits per heavy atom. The van der Waals surface area contributed by atoms with Crippen LogP contribution in [0.5, 0.6) is 0 Å². The molecule has 0 atom stereocenters. The molecule has 1 rings (SSSR count). The molecule has 0 spiro atoms. The third-order valence-electron chi connectivity index (χ3n) is 3.64. The fraction of sp³-hybridized carbons (Fsp3) is 0.667. The van der Waals surface area contributed by atoms with Crippen LogP contribution in [-0.4, -0.2) is 17.0 Å². The van der Waals surface area contributed by atoms with Gasteiger partial charge in [0.15, 0.2) is 0 Å². The second-order valence-electron chi connectivity index (χ2n) is 7.54. The van der Waals surface area contributed by atoms with Crippen molar-refractivity contribution in [1.82, 2.24) is 4.90 Å². The molecule has 1 nitrogen and oxygen atoms in total. The van der Waals surface area contributed by atoms with Crippen LogP contribution in [0, 0.1) is 0 Å². The van der Waals surface area contributed by atoms with Crippen molar-refractivity contribution in [3.8, 4) is 0 Å². The van der Waals surface area contributed by atoms with Crippen LogP contribution in [0.25, 0.3) is 0 Å². The highest BCUT2D eigenvalue weighted by Gasteiger charge is 2.20. The SMILES string of the molecule is CCCN(Cc1ccc(C(C)(C)C)cc1)C(C)(C)C. The summed E-state index contributed by atoms with van der Waals surface area (Å²) in [5.41, 5.74) is 3.30. The van der Waals surface area contributed by atoms with E-state index in [9.17, 15) is 0 Å². The van der Waals surface area contributed by atoms with E-state index in [1.165, 1.54) is 17.5 Å². The van der Waals surface area contributed by atoms with Crippen molar-refractivity contribution in [2.45, 2.75) is 72.4 Å². The lowest BCUT2D eigenvalue weighted by Crippen LogP contribution is -2.41. The first-order chi connectivity index (χ1) is 8.64. The van der Waals surface area contributed by atoms with Crippen LogP contribution in [-0.2, 0) is 12.0 Å². The van der Waals surface area contributed by atoms with Gasteiger partial charge in [-0.3, -0.25) is 4.90 Å². The van der Waals surface area contributed by atoms with Crippen molar-refractivity contribution in [3.05, 3.63) is 35.4 Å². The molecule has 0 radical (unpaired) electrons. The molecule has 0 aliphatic rings. The molecule has 0 saturated carbocycles. The lowest BCUT2D eigenvalue weighted by molar-refractivity contribution is 0.128. The Kier molecular flexibility index (Phi) is 5.20. The molecular weight excluding hydrogens is 230 g/mol. The maximum absolute atomic E-state index is 2.55. The fourth-order valence-corrected chi connectivity index (χ4v) is 2.25. The van der Waals surface area contributed by atoms with E-state index in [2.05, 4.69) is 77.6 Å². The van der Waals surface area contributed by atoms with Crippen LogP contribution in [0.1, 0.15) is 66.0 Å². The molecule has 0 bridgehead atoms. The molecule has 0 amide bonds. The van der Waals surface area contributed by atoms with Gasteiger partial charge < -0.3 is 0 Å². The molecule has 19 heavy (non-hydrogen) atoms. The lowest BCUT2D eigenvalue weighted by atomic mass is 9.86. The maximum Gasteiger partial charge on any atom is 0.0238 e. The van der Waals surface area contributed by atoms with E-state index in [-0.39, 0.29) is 11.0 Å². The van der Waals surface area contributed by atoms with Crippen molar-refractivity contribution in [1.29, 1.82) is 0 Å². The molecule has 0 unspecified atom stereocenters. The first-order valence-electron chi connectivity index (χ1n) is 7.49. The number of hydrogen-bond donors (Lipinski definition) is 0. The largest absolute Gasteiger partial charge is 0.294 e. The van der Waals surface area contributed by atoms with Gasteiger partial charge in [0.2, 0.25) is 0 Å². The van der Waals surface area contributed by atoms with Crippen molar-refractivity contribution >= 4 is 0 Å². The van der Waals surface area contributed by atoms with Gasteiger partial charge in [0, 0.05) is 12.1 Å². The quantitative estimate of drug-likeness (QED) is 0.737. The summed E-state index contributed by atoms with van der Waals surface area (Å²) in [7, 11) is 0. The Hall–Kier alpha value is -0.820. The van der Waals surface area contributed by atoms with Gasteiger partial charge in [0.1, 0.15) is 0 Å². The van der Waals surface area contributed by atoms with Crippen LogP contribution in [0.4, 0.5) is 0 Å². The number of benzene rings is 1. The summed E-state index contributed by atoms with van der Waals surface area (Å²) < 4.78 is 0. The maximum atomic E-state index is 2.55. The summed E-state index contributed by atoms with van der Waals surface area (Å²) in [6.45, 7) is 18.1. The third-order valence-corrected chi connectivity index (χ3v) is 3.64. The summed E-state index contributed by atoms with van der Waals surface area (Å²) in [5, 5.41) is 0. The van der Waals surface area contributed by atoms with E-state index in [1.807, 2.05) is 0 Å². The lowest BCUT2D eigenvalue weighted by Gasteiger charge is -2.35. The van der Waals surface area contributed by atoms with Crippen LogP contribution < -0.4 is 0 Å². The molecule has 0 fully saturated rings. The van der Waals surface area contributed by atoms with Gasteiger partial charge in [0.25, 0.3) is 0 Å². The van der Waals surface area contributed by atoms with E-state index >= 15 is 0 Å². The first-order valence-corrected chi connectivity index (χ1v) is 7.49. The molecule has 0 aromatic heterocycles. The molecule has 0 saturated heterocycles. The van der Waals surface area contributed by atoms with Gasteiger partial charge in [-0.2, -0.15) is 0 Å². The van der Waals surface area contributed by atoms with Crippen molar-refractivity contribution in [2.24, 2.45) is 0 Å². The Balaban J connectivity index is 2.81.